The van der Waals surface area contributed by atoms with E-state index in [9.17, 15) is 18.4 Å². The number of nitrogens with one attached hydrogen (secondary N) is 1. The zero-order valence-corrected chi connectivity index (χ0v) is 15.1. The van der Waals surface area contributed by atoms with Crippen molar-refractivity contribution in [3.8, 4) is 5.69 Å². The van der Waals surface area contributed by atoms with E-state index >= 15 is 0 Å². The van der Waals surface area contributed by atoms with Gasteiger partial charge in [-0.3, -0.25) is 14.2 Å². The molecule has 0 unspecified atom stereocenters. The molecule has 0 aliphatic heterocycles. The van der Waals surface area contributed by atoms with Crippen molar-refractivity contribution in [1.29, 1.82) is 0 Å². The standard InChI is InChI=1S/C19H14F2N6O2/c1-11-2-5-13(6-3-11)23-16(28)9-26-10-22-18-17(19(26)29)24-25-27(18)15-7-4-12(20)8-14(15)21/h2-8,10H,9H2,1H3,(H,23,28). The topological polar surface area (TPSA) is 94.7 Å². The van der Waals surface area contributed by atoms with Crippen LogP contribution in [0.3, 0.4) is 0 Å². The molecule has 8 nitrogen and oxygen atoms in total. The SMILES string of the molecule is Cc1ccc(NC(=O)Cn2cnc3c(nnn3-c3ccc(F)cc3F)c2=O)cc1. The predicted molar refractivity (Wildman–Crippen MR) is 101 cm³/mol. The number of amides is 1. The van der Waals surface area contributed by atoms with E-state index in [1.54, 1.807) is 12.1 Å². The van der Waals surface area contributed by atoms with Gasteiger partial charge < -0.3 is 5.32 Å². The largest absolute Gasteiger partial charge is 0.325 e. The fraction of sp³-hybridized carbons (Fsp3) is 0.105. The van der Waals surface area contributed by atoms with Gasteiger partial charge >= 0.3 is 0 Å². The van der Waals surface area contributed by atoms with E-state index in [0.717, 1.165) is 27.2 Å². The Bertz CT molecular complexity index is 1280. The summed E-state index contributed by atoms with van der Waals surface area (Å²) < 4.78 is 29.2. The number of rotatable bonds is 4. The van der Waals surface area contributed by atoms with Crippen LogP contribution in [0.2, 0.25) is 0 Å². The first-order valence-electron chi connectivity index (χ1n) is 8.55. The molecule has 2 aromatic carbocycles. The minimum absolute atomic E-state index is 0.00398. The van der Waals surface area contributed by atoms with Crippen LogP contribution in [-0.4, -0.2) is 30.5 Å². The molecular weight excluding hydrogens is 382 g/mol. The molecule has 4 aromatic rings. The first-order chi connectivity index (χ1) is 13.9. The Morgan fingerprint density at radius 1 is 1.14 bits per heavy atom. The molecule has 0 fully saturated rings. The van der Waals surface area contributed by atoms with Crippen LogP contribution in [0.25, 0.3) is 16.9 Å². The van der Waals surface area contributed by atoms with Gasteiger partial charge in [-0.15, -0.1) is 5.10 Å². The zero-order chi connectivity index (χ0) is 20.5. The number of hydrogen-bond donors (Lipinski definition) is 1. The average molecular weight is 396 g/mol. The molecule has 0 bridgehead atoms. The second-order valence-corrected chi connectivity index (χ2v) is 6.36. The van der Waals surface area contributed by atoms with Crippen LogP contribution < -0.4 is 10.9 Å². The summed E-state index contributed by atoms with van der Waals surface area (Å²) in [6, 6.07) is 10.1. The number of carbonyl (C=O) groups is 1. The molecule has 146 valence electrons. The maximum absolute atomic E-state index is 14.0. The first kappa shape index (κ1) is 18.4. The third-order valence-electron chi connectivity index (χ3n) is 4.22. The molecule has 0 saturated heterocycles. The van der Waals surface area contributed by atoms with Gasteiger partial charge in [0.25, 0.3) is 5.56 Å². The molecule has 10 heteroatoms. The van der Waals surface area contributed by atoms with Gasteiger partial charge in [-0.2, -0.15) is 4.68 Å². The smallest absolute Gasteiger partial charge is 0.284 e. The van der Waals surface area contributed by atoms with Crippen molar-refractivity contribution >= 4 is 22.8 Å². The molecule has 0 spiro atoms. The molecule has 0 aliphatic carbocycles. The zero-order valence-electron chi connectivity index (χ0n) is 15.1. The molecule has 29 heavy (non-hydrogen) atoms. The molecule has 0 aliphatic rings. The van der Waals surface area contributed by atoms with Crippen molar-refractivity contribution in [1.82, 2.24) is 24.5 Å². The average Bonchev–Trinajstić information content (AvgIpc) is 3.10. The minimum Gasteiger partial charge on any atom is -0.325 e. The second-order valence-electron chi connectivity index (χ2n) is 6.36. The Hall–Kier alpha value is -3.95. The van der Waals surface area contributed by atoms with Crippen molar-refractivity contribution < 1.29 is 13.6 Å². The maximum Gasteiger partial charge on any atom is 0.284 e. The van der Waals surface area contributed by atoms with E-state index in [1.165, 1.54) is 6.07 Å². The van der Waals surface area contributed by atoms with Crippen LogP contribution in [0.15, 0.2) is 53.6 Å². The molecule has 2 aromatic heterocycles. The summed E-state index contributed by atoms with van der Waals surface area (Å²) in [7, 11) is 0. The summed E-state index contributed by atoms with van der Waals surface area (Å²) >= 11 is 0. The number of aromatic nitrogens is 5. The van der Waals surface area contributed by atoms with Gasteiger partial charge in [0.1, 0.15) is 24.4 Å². The Morgan fingerprint density at radius 3 is 2.62 bits per heavy atom. The Morgan fingerprint density at radius 2 is 1.90 bits per heavy atom. The van der Waals surface area contributed by atoms with Gasteiger partial charge in [0.15, 0.2) is 17.0 Å². The van der Waals surface area contributed by atoms with E-state index in [2.05, 4.69) is 20.6 Å². The second kappa shape index (κ2) is 7.23. The molecule has 2 heterocycles. The number of benzene rings is 2. The predicted octanol–water partition coefficient (Wildman–Crippen LogP) is 2.20. The normalized spacial score (nSPS) is 11.0. The van der Waals surface area contributed by atoms with E-state index < -0.39 is 23.1 Å². The van der Waals surface area contributed by atoms with Crippen molar-refractivity contribution in [2.24, 2.45) is 0 Å². The first-order valence-corrected chi connectivity index (χ1v) is 8.55. The fourth-order valence-corrected chi connectivity index (χ4v) is 2.76. The lowest BCUT2D eigenvalue weighted by molar-refractivity contribution is -0.116. The van der Waals surface area contributed by atoms with E-state index in [-0.39, 0.29) is 23.4 Å². The lowest BCUT2D eigenvalue weighted by Crippen LogP contribution is -2.28. The third kappa shape index (κ3) is 3.59. The van der Waals surface area contributed by atoms with Crippen molar-refractivity contribution in [2.75, 3.05) is 5.32 Å². The Balaban J connectivity index is 1.62. The number of carbonyl (C=O) groups excluding carboxylic acids is 1. The number of fused-ring (bicyclic) bond motifs is 1. The van der Waals surface area contributed by atoms with Crippen LogP contribution >= 0.6 is 0 Å². The van der Waals surface area contributed by atoms with Crippen molar-refractivity contribution in [3.63, 3.8) is 0 Å². The van der Waals surface area contributed by atoms with Crippen LogP contribution in [-0.2, 0) is 11.3 Å². The lowest BCUT2D eigenvalue weighted by Gasteiger charge is -2.07. The third-order valence-corrected chi connectivity index (χ3v) is 4.22. The van der Waals surface area contributed by atoms with Gasteiger partial charge in [0.2, 0.25) is 5.91 Å². The number of halogens is 2. The Labute approximate surface area is 162 Å². The van der Waals surface area contributed by atoms with Gasteiger partial charge in [-0.25, -0.2) is 13.8 Å². The van der Waals surface area contributed by atoms with Crippen molar-refractivity contribution in [3.05, 3.63) is 76.3 Å². The van der Waals surface area contributed by atoms with Crippen LogP contribution in [0.4, 0.5) is 14.5 Å². The maximum atomic E-state index is 14.0. The summed E-state index contributed by atoms with van der Waals surface area (Å²) in [6.45, 7) is 1.64. The highest BCUT2D eigenvalue weighted by molar-refractivity contribution is 5.90. The highest BCUT2D eigenvalue weighted by Gasteiger charge is 2.17. The van der Waals surface area contributed by atoms with E-state index in [0.29, 0.717) is 11.8 Å². The quantitative estimate of drug-likeness (QED) is 0.571. The molecule has 0 radical (unpaired) electrons. The fourth-order valence-electron chi connectivity index (χ4n) is 2.76. The molecule has 0 atom stereocenters. The van der Waals surface area contributed by atoms with Gasteiger partial charge in [0, 0.05) is 11.8 Å². The van der Waals surface area contributed by atoms with Crippen LogP contribution in [0.1, 0.15) is 5.56 Å². The lowest BCUT2D eigenvalue weighted by atomic mass is 10.2. The summed E-state index contributed by atoms with van der Waals surface area (Å²) in [6.07, 6.45) is 1.15. The summed E-state index contributed by atoms with van der Waals surface area (Å²) in [5.41, 5.74) is 0.795. The van der Waals surface area contributed by atoms with Crippen LogP contribution in [0.5, 0.6) is 0 Å². The van der Waals surface area contributed by atoms with Gasteiger partial charge in [-0.1, -0.05) is 22.9 Å². The number of anilines is 1. The Kier molecular flexibility index (Phi) is 4.59. The summed E-state index contributed by atoms with van der Waals surface area (Å²) in [4.78, 5) is 28.9. The van der Waals surface area contributed by atoms with Gasteiger partial charge in [0.05, 0.1) is 0 Å². The monoisotopic (exact) mass is 396 g/mol. The molecule has 1 amide bonds. The number of hydrogen-bond acceptors (Lipinski definition) is 5. The summed E-state index contributed by atoms with van der Waals surface area (Å²) in [5.74, 6) is -2.04. The van der Waals surface area contributed by atoms with E-state index in [1.807, 2.05) is 19.1 Å². The number of aryl methyl sites for hydroxylation is 1. The molecule has 0 saturated carbocycles. The van der Waals surface area contributed by atoms with E-state index in [4.69, 9.17) is 0 Å². The highest BCUT2D eigenvalue weighted by Crippen LogP contribution is 2.16. The summed E-state index contributed by atoms with van der Waals surface area (Å²) in [5, 5.41) is 10.2. The molecule has 4 rings (SSSR count). The van der Waals surface area contributed by atoms with Crippen LogP contribution in [0, 0.1) is 18.6 Å². The molecular formula is C19H14F2N6O2. The van der Waals surface area contributed by atoms with Crippen molar-refractivity contribution in [2.45, 2.75) is 13.5 Å². The molecule has 1 N–H and O–H groups in total. The highest BCUT2D eigenvalue weighted by atomic mass is 19.1. The van der Waals surface area contributed by atoms with Gasteiger partial charge in [-0.05, 0) is 31.2 Å². The number of nitrogens with zero attached hydrogens (tertiary/aromatic N) is 5. The minimum atomic E-state index is -0.875.